The minimum Gasteiger partial charge on any atom is -0.345 e. The van der Waals surface area contributed by atoms with E-state index in [4.69, 9.17) is 4.98 Å². The minimum absolute atomic E-state index is 0.119. The molecule has 7 rings (SSSR count). The summed E-state index contributed by atoms with van der Waals surface area (Å²) in [6.07, 6.45) is 0. The van der Waals surface area contributed by atoms with Gasteiger partial charge >= 0.3 is 0 Å². The molecule has 0 amide bonds. The lowest BCUT2D eigenvalue weighted by atomic mass is 10.0. The Morgan fingerprint density at radius 3 is 2.58 bits per heavy atom. The highest BCUT2D eigenvalue weighted by molar-refractivity contribution is 7.22. The maximum atomic E-state index is 13.6. The highest BCUT2D eigenvalue weighted by atomic mass is 32.1. The number of nitrogens with one attached hydrogen (secondary N) is 1. The van der Waals surface area contributed by atoms with E-state index < -0.39 is 6.04 Å². The van der Waals surface area contributed by atoms with Crippen LogP contribution in [0.3, 0.4) is 0 Å². The number of fused-ring (bicyclic) bond motifs is 2. The van der Waals surface area contributed by atoms with Gasteiger partial charge in [0.2, 0.25) is 0 Å². The first-order chi connectivity index (χ1) is 19.6. The Morgan fingerprint density at radius 1 is 0.950 bits per heavy atom. The second kappa shape index (κ2) is 10.3. The van der Waals surface area contributed by atoms with E-state index in [2.05, 4.69) is 72.8 Å². The van der Waals surface area contributed by atoms with Crippen LogP contribution in [0.1, 0.15) is 28.6 Å². The molecule has 1 aliphatic rings. The Morgan fingerprint density at radius 2 is 1.75 bits per heavy atom. The molecule has 0 saturated carbocycles. The van der Waals surface area contributed by atoms with Crippen molar-refractivity contribution in [3.8, 4) is 0 Å². The topological polar surface area (TPSA) is 95.8 Å². The number of thiazole rings is 1. The van der Waals surface area contributed by atoms with Crippen molar-refractivity contribution in [1.82, 2.24) is 35.1 Å². The van der Waals surface area contributed by atoms with E-state index in [0.29, 0.717) is 17.9 Å². The molecule has 6 aromatic rings. The molecule has 200 valence electrons. The average Bonchev–Trinajstić information content (AvgIpc) is 3.62. The molecule has 1 atom stereocenters. The number of tetrazole rings is 1. The average molecular weight is 549 g/mol. The molecule has 0 aliphatic carbocycles. The van der Waals surface area contributed by atoms with E-state index in [1.807, 2.05) is 48.0 Å². The van der Waals surface area contributed by atoms with Gasteiger partial charge in [-0.25, -0.2) is 9.67 Å². The fourth-order valence-corrected chi connectivity index (χ4v) is 6.49. The van der Waals surface area contributed by atoms with Crippen molar-refractivity contribution in [2.24, 2.45) is 0 Å². The molecule has 1 aliphatic heterocycles. The second-order valence-corrected chi connectivity index (χ2v) is 11.2. The summed E-state index contributed by atoms with van der Waals surface area (Å²) in [4.78, 5) is 26.2. The van der Waals surface area contributed by atoms with Gasteiger partial charge in [0.15, 0.2) is 11.0 Å². The van der Waals surface area contributed by atoms with Crippen LogP contribution in [-0.2, 0) is 6.54 Å². The Balaban J connectivity index is 1.25. The van der Waals surface area contributed by atoms with Crippen LogP contribution in [0, 0.1) is 6.92 Å². The number of pyridine rings is 1. The van der Waals surface area contributed by atoms with Crippen LogP contribution < -0.4 is 10.5 Å². The first-order valence-electron chi connectivity index (χ1n) is 13.4. The molecule has 0 radical (unpaired) electrons. The van der Waals surface area contributed by atoms with E-state index >= 15 is 0 Å². The number of aromatic amines is 1. The minimum atomic E-state index is -0.398. The molecule has 1 N–H and O–H groups in total. The molecular formula is C30H28N8OS. The summed E-state index contributed by atoms with van der Waals surface area (Å²) in [7, 11) is 0. The molecule has 1 fully saturated rings. The van der Waals surface area contributed by atoms with Gasteiger partial charge in [0.05, 0.1) is 16.8 Å². The number of piperazine rings is 1. The van der Waals surface area contributed by atoms with Crippen molar-refractivity contribution in [2.45, 2.75) is 19.5 Å². The SMILES string of the molecule is Cc1ccc2cc([C@H](c3nnnn3Cc3ccccc3)N3CCN(c4nc5ccccc5s4)CC3)c(=O)[nH]c2c1. The molecule has 1 saturated heterocycles. The van der Waals surface area contributed by atoms with Gasteiger partial charge in [-0.1, -0.05) is 65.9 Å². The molecule has 3 aromatic heterocycles. The van der Waals surface area contributed by atoms with Crippen molar-refractivity contribution in [1.29, 1.82) is 0 Å². The summed E-state index contributed by atoms with van der Waals surface area (Å²) in [5, 5.41) is 14.9. The van der Waals surface area contributed by atoms with Crippen LogP contribution in [0.2, 0.25) is 0 Å². The van der Waals surface area contributed by atoms with E-state index in [0.717, 1.165) is 58.9 Å². The number of H-pyrrole nitrogens is 1. The van der Waals surface area contributed by atoms with Crippen LogP contribution >= 0.6 is 11.3 Å². The predicted octanol–water partition coefficient (Wildman–Crippen LogP) is 4.39. The highest BCUT2D eigenvalue weighted by Crippen LogP contribution is 2.32. The third kappa shape index (κ3) is 4.65. The third-order valence-corrected chi connectivity index (χ3v) is 8.63. The monoisotopic (exact) mass is 548 g/mol. The second-order valence-electron chi connectivity index (χ2n) is 10.2. The number of anilines is 1. The fourth-order valence-electron chi connectivity index (χ4n) is 5.48. The predicted molar refractivity (Wildman–Crippen MR) is 158 cm³/mol. The summed E-state index contributed by atoms with van der Waals surface area (Å²) in [5.74, 6) is 0.661. The number of benzene rings is 3. The lowest BCUT2D eigenvalue weighted by molar-refractivity contribution is 0.200. The number of nitrogens with zero attached hydrogens (tertiary/aromatic N) is 7. The molecule has 9 nitrogen and oxygen atoms in total. The quantitative estimate of drug-likeness (QED) is 0.330. The Kier molecular flexibility index (Phi) is 6.33. The molecular weight excluding hydrogens is 520 g/mol. The van der Waals surface area contributed by atoms with Gasteiger partial charge in [-0.2, -0.15) is 0 Å². The molecule has 0 unspecified atom stereocenters. The summed E-state index contributed by atoms with van der Waals surface area (Å²) in [6.45, 7) is 5.62. The van der Waals surface area contributed by atoms with Gasteiger partial charge in [-0.05, 0) is 58.1 Å². The Bertz CT molecular complexity index is 1820. The zero-order chi connectivity index (χ0) is 27.1. The smallest absolute Gasteiger partial charge is 0.253 e. The largest absolute Gasteiger partial charge is 0.345 e. The number of aryl methyl sites for hydroxylation is 1. The maximum Gasteiger partial charge on any atom is 0.253 e. The molecule has 3 aromatic carbocycles. The van der Waals surface area contributed by atoms with Crippen LogP contribution in [0.15, 0.2) is 83.7 Å². The number of hydrogen-bond acceptors (Lipinski definition) is 8. The number of para-hydroxylation sites is 1. The Hall–Kier alpha value is -4.41. The van der Waals surface area contributed by atoms with Crippen molar-refractivity contribution in [3.63, 3.8) is 0 Å². The molecule has 40 heavy (non-hydrogen) atoms. The van der Waals surface area contributed by atoms with Gasteiger partial charge in [0.25, 0.3) is 5.56 Å². The van der Waals surface area contributed by atoms with Crippen molar-refractivity contribution < 1.29 is 0 Å². The summed E-state index contributed by atoms with van der Waals surface area (Å²) < 4.78 is 3.01. The van der Waals surface area contributed by atoms with E-state index in [1.54, 1.807) is 11.3 Å². The lowest BCUT2D eigenvalue weighted by Crippen LogP contribution is -2.49. The fraction of sp³-hybridized carbons (Fsp3) is 0.233. The Labute approximate surface area is 234 Å². The highest BCUT2D eigenvalue weighted by Gasteiger charge is 2.33. The van der Waals surface area contributed by atoms with Gasteiger partial charge < -0.3 is 9.88 Å². The maximum absolute atomic E-state index is 13.6. The van der Waals surface area contributed by atoms with Crippen molar-refractivity contribution in [3.05, 3.63) is 112 Å². The zero-order valence-electron chi connectivity index (χ0n) is 22.1. The van der Waals surface area contributed by atoms with Crippen LogP contribution in [0.4, 0.5) is 5.13 Å². The normalized spacial score (nSPS) is 15.2. The van der Waals surface area contributed by atoms with E-state index in [1.165, 1.54) is 4.70 Å². The summed E-state index contributed by atoms with van der Waals surface area (Å²) in [6, 6.07) is 26.1. The van der Waals surface area contributed by atoms with Gasteiger partial charge in [-0.3, -0.25) is 9.69 Å². The first kappa shape index (κ1) is 24.6. The number of aromatic nitrogens is 6. The van der Waals surface area contributed by atoms with Crippen LogP contribution in [0.25, 0.3) is 21.1 Å². The lowest BCUT2D eigenvalue weighted by Gasteiger charge is -2.38. The third-order valence-electron chi connectivity index (χ3n) is 7.54. The molecule has 10 heteroatoms. The molecule has 0 spiro atoms. The number of hydrogen-bond donors (Lipinski definition) is 1. The van der Waals surface area contributed by atoms with Gasteiger partial charge in [0, 0.05) is 37.3 Å². The summed E-state index contributed by atoms with van der Waals surface area (Å²) >= 11 is 1.72. The standard InChI is InChI=1S/C30H28N8OS/c1-20-11-12-22-18-23(29(39)31-25(22)17-20)27(28-33-34-35-38(28)19-21-7-3-2-4-8-21)36-13-15-37(16-14-36)30-32-24-9-5-6-10-26(24)40-30/h2-12,17-18,27H,13-16,19H2,1H3,(H,31,39)/t27-/m1/s1. The van der Waals surface area contributed by atoms with Crippen LogP contribution in [-0.4, -0.2) is 61.3 Å². The molecule has 4 heterocycles. The first-order valence-corrected chi connectivity index (χ1v) is 14.2. The zero-order valence-corrected chi connectivity index (χ0v) is 22.9. The van der Waals surface area contributed by atoms with Crippen molar-refractivity contribution >= 4 is 37.6 Å². The summed E-state index contributed by atoms with van der Waals surface area (Å²) in [5.41, 5.74) is 4.58. The van der Waals surface area contributed by atoms with Crippen molar-refractivity contribution in [2.75, 3.05) is 31.1 Å². The van der Waals surface area contributed by atoms with Gasteiger partial charge in [-0.15, -0.1) is 5.10 Å². The molecule has 0 bridgehead atoms. The van der Waals surface area contributed by atoms with E-state index in [-0.39, 0.29) is 5.56 Å². The number of rotatable bonds is 6. The van der Waals surface area contributed by atoms with Gasteiger partial charge in [0.1, 0.15) is 6.04 Å². The van der Waals surface area contributed by atoms with Crippen LogP contribution in [0.5, 0.6) is 0 Å². The van der Waals surface area contributed by atoms with E-state index in [9.17, 15) is 4.79 Å².